The average molecular weight is 665 g/mol. The Labute approximate surface area is 279 Å². The molecule has 5 heterocycles. The van der Waals surface area contributed by atoms with Crippen LogP contribution in [-0.2, 0) is 47.7 Å². The summed E-state index contributed by atoms with van der Waals surface area (Å²) in [4.78, 5) is 31.0. The zero-order valence-electron chi connectivity index (χ0n) is 28.0. The SMILES string of the molecule is C=CC(=O)N1CC2(CCN(Cc3cc4c(c(C(F)(F)F)c3)CN(c3cccc(C5(Cc6nncn6C)COC5)c3)C4=O)C2)C1.CC(C)C. The number of nitrogens with zero attached hydrogens (tertiary/aromatic N) is 6. The molecule has 3 saturated heterocycles. The second kappa shape index (κ2) is 12.8. The van der Waals surface area contributed by atoms with Crippen molar-refractivity contribution in [2.45, 2.75) is 58.3 Å². The first kappa shape index (κ1) is 33.9. The molecule has 0 unspecified atom stereocenters. The monoisotopic (exact) mass is 664 g/mol. The second-order valence-corrected chi connectivity index (χ2v) is 14.5. The fourth-order valence-corrected chi connectivity index (χ4v) is 7.24. The van der Waals surface area contributed by atoms with Crippen LogP contribution in [-0.4, -0.2) is 75.8 Å². The Morgan fingerprint density at radius 2 is 1.85 bits per heavy atom. The lowest BCUT2D eigenvalue weighted by Crippen LogP contribution is -2.59. The smallest absolute Gasteiger partial charge is 0.379 e. The van der Waals surface area contributed by atoms with E-state index in [0.29, 0.717) is 57.1 Å². The van der Waals surface area contributed by atoms with Crippen LogP contribution in [0.2, 0.25) is 0 Å². The van der Waals surface area contributed by atoms with Crippen molar-refractivity contribution in [3.05, 3.63) is 89.0 Å². The van der Waals surface area contributed by atoms with Crippen molar-refractivity contribution in [3.8, 4) is 0 Å². The van der Waals surface area contributed by atoms with Gasteiger partial charge in [0, 0.05) is 61.7 Å². The minimum Gasteiger partial charge on any atom is -0.379 e. The van der Waals surface area contributed by atoms with E-state index >= 15 is 0 Å². The molecular formula is C36H43F3N6O3. The van der Waals surface area contributed by atoms with Gasteiger partial charge in [-0.3, -0.25) is 14.5 Å². The van der Waals surface area contributed by atoms with Gasteiger partial charge < -0.3 is 19.1 Å². The van der Waals surface area contributed by atoms with Gasteiger partial charge in [-0.05, 0) is 65.9 Å². The molecule has 4 aliphatic heterocycles. The van der Waals surface area contributed by atoms with Gasteiger partial charge in [-0.15, -0.1) is 10.2 Å². The summed E-state index contributed by atoms with van der Waals surface area (Å²) in [5.74, 6) is 1.10. The molecule has 7 rings (SSSR count). The van der Waals surface area contributed by atoms with E-state index in [4.69, 9.17) is 4.74 Å². The summed E-state index contributed by atoms with van der Waals surface area (Å²) in [6, 6.07) is 10.3. The molecule has 2 aromatic carbocycles. The number of alkyl halides is 3. The maximum atomic E-state index is 14.4. The van der Waals surface area contributed by atoms with E-state index in [0.717, 1.165) is 30.3 Å². The summed E-state index contributed by atoms with van der Waals surface area (Å²) >= 11 is 0. The predicted molar refractivity (Wildman–Crippen MR) is 175 cm³/mol. The topological polar surface area (TPSA) is 83.8 Å². The maximum absolute atomic E-state index is 14.4. The van der Waals surface area contributed by atoms with Crippen LogP contribution in [0, 0.1) is 11.3 Å². The summed E-state index contributed by atoms with van der Waals surface area (Å²) in [7, 11) is 1.88. The molecule has 256 valence electrons. The van der Waals surface area contributed by atoms with E-state index < -0.39 is 17.6 Å². The summed E-state index contributed by atoms with van der Waals surface area (Å²) in [5.41, 5.74) is 0.905. The highest BCUT2D eigenvalue weighted by atomic mass is 19.4. The number of anilines is 1. The minimum atomic E-state index is -4.60. The number of fused-ring (bicyclic) bond motifs is 1. The van der Waals surface area contributed by atoms with Crippen molar-refractivity contribution in [2.75, 3.05) is 44.3 Å². The summed E-state index contributed by atoms with van der Waals surface area (Å²) in [5, 5.41) is 8.19. The number of hydrogen-bond acceptors (Lipinski definition) is 6. The molecule has 9 nitrogen and oxygen atoms in total. The van der Waals surface area contributed by atoms with Gasteiger partial charge in [0.05, 0.1) is 25.3 Å². The van der Waals surface area contributed by atoms with Crippen molar-refractivity contribution in [3.63, 3.8) is 0 Å². The number of likely N-dealkylation sites (tertiary alicyclic amines) is 2. The van der Waals surface area contributed by atoms with E-state index in [-0.39, 0.29) is 34.4 Å². The van der Waals surface area contributed by atoms with Crippen LogP contribution in [0.3, 0.4) is 0 Å². The first-order valence-electron chi connectivity index (χ1n) is 16.4. The highest BCUT2D eigenvalue weighted by Crippen LogP contribution is 2.43. The molecule has 0 radical (unpaired) electrons. The molecule has 1 spiro atoms. The van der Waals surface area contributed by atoms with Gasteiger partial charge in [0.1, 0.15) is 12.2 Å². The van der Waals surface area contributed by atoms with Gasteiger partial charge >= 0.3 is 6.18 Å². The van der Waals surface area contributed by atoms with Crippen LogP contribution in [0.15, 0.2) is 55.4 Å². The van der Waals surface area contributed by atoms with Crippen LogP contribution < -0.4 is 4.90 Å². The third-order valence-electron chi connectivity index (χ3n) is 9.70. The van der Waals surface area contributed by atoms with Gasteiger partial charge in [-0.2, -0.15) is 13.2 Å². The molecule has 3 fully saturated rings. The highest BCUT2D eigenvalue weighted by molar-refractivity contribution is 6.10. The number of benzene rings is 2. The van der Waals surface area contributed by atoms with Crippen molar-refractivity contribution >= 4 is 17.5 Å². The molecule has 0 saturated carbocycles. The van der Waals surface area contributed by atoms with Crippen LogP contribution in [0.4, 0.5) is 18.9 Å². The van der Waals surface area contributed by atoms with Gasteiger partial charge in [0.25, 0.3) is 5.91 Å². The Morgan fingerprint density at radius 1 is 1.12 bits per heavy atom. The van der Waals surface area contributed by atoms with Gasteiger partial charge in [0.2, 0.25) is 5.91 Å². The van der Waals surface area contributed by atoms with E-state index in [1.807, 2.05) is 29.8 Å². The number of hydrogen-bond donors (Lipinski definition) is 0. The second-order valence-electron chi connectivity index (χ2n) is 14.5. The van der Waals surface area contributed by atoms with Crippen LogP contribution in [0.5, 0.6) is 0 Å². The number of aromatic nitrogens is 3. The maximum Gasteiger partial charge on any atom is 0.416 e. The third-order valence-corrected chi connectivity index (χ3v) is 9.70. The first-order chi connectivity index (χ1) is 22.7. The molecule has 0 aliphatic carbocycles. The molecule has 1 aromatic heterocycles. The van der Waals surface area contributed by atoms with Crippen LogP contribution >= 0.6 is 0 Å². The highest BCUT2D eigenvalue weighted by Gasteiger charge is 2.49. The number of aryl methyl sites for hydroxylation is 1. The lowest BCUT2D eigenvalue weighted by atomic mass is 9.75. The number of amides is 2. The molecule has 0 N–H and O–H groups in total. The third kappa shape index (κ3) is 6.52. The fraction of sp³-hybridized carbons (Fsp3) is 0.500. The number of carbonyl (C=O) groups excluding carboxylic acids is 2. The number of halogens is 3. The quantitative estimate of drug-likeness (QED) is 0.315. The zero-order valence-corrected chi connectivity index (χ0v) is 28.0. The Hall–Kier alpha value is -4.03. The molecule has 4 aliphatic rings. The largest absolute Gasteiger partial charge is 0.416 e. The molecule has 0 bridgehead atoms. The normalized spacial score (nSPS) is 19.5. The van der Waals surface area contributed by atoms with Crippen LogP contribution in [0.25, 0.3) is 0 Å². The summed E-state index contributed by atoms with van der Waals surface area (Å²) in [6.45, 7) is 13.8. The fourth-order valence-electron chi connectivity index (χ4n) is 7.24. The number of rotatable bonds is 7. The lowest BCUT2D eigenvalue weighted by molar-refractivity contribution is -0.138. The van der Waals surface area contributed by atoms with E-state index in [1.165, 1.54) is 17.0 Å². The lowest BCUT2D eigenvalue weighted by Gasteiger charge is -2.47. The number of ether oxygens (including phenoxy) is 1. The summed E-state index contributed by atoms with van der Waals surface area (Å²) in [6.07, 6.45) is -0.201. The average Bonchev–Trinajstić information content (AvgIpc) is 3.70. The standard InChI is InChI=1S/C32H33F3N6O3.C4H10/c1-3-28(42)40-16-30(17-40)7-8-39(15-30)13-21-9-24-25(26(10-21)32(33,34)35)14-41(29(24)43)23-6-4-5-22(11-23)31(18-44-19-31)12-27-37-36-20-38(27)2;1-4(2)3/h3-6,9-11,20H,1,7-8,12-19H2,2H3;4H,1-3H3. The zero-order chi connectivity index (χ0) is 34.4. The van der Waals surface area contributed by atoms with E-state index in [1.54, 1.807) is 23.4 Å². The van der Waals surface area contributed by atoms with Gasteiger partial charge in [0.15, 0.2) is 0 Å². The Kier molecular flexibility index (Phi) is 9.01. The summed E-state index contributed by atoms with van der Waals surface area (Å²) < 4.78 is 50.7. The molecule has 2 amide bonds. The predicted octanol–water partition coefficient (Wildman–Crippen LogP) is 5.39. The van der Waals surface area contributed by atoms with E-state index in [2.05, 4.69) is 42.4 Å². The van der Waals surface area contributed by atoms with Gasteiger partial charge in [-0.1, -0.05) is 39.5 Å². The molecule has 12 heteroatoms. The molecule has 48 heavy (non-hydrogen) atoms. The van der Waals surface area contributed by atoms with Crippen molar-refractivity contribution in [1.82, 2.24) is 24.6 Å². The van der Waals surface area contributed by atoms with Crippen molar-refractivity contribution in [1.29, 1.82) is 0 Å². The molecule has 0 atom stereocenters. The van der Waals surface area contributed by atoms with Crippen molar-refractivity contribution in [2.24, 2.45) is 18.4 Å². The van der Waals surface area contributed by atoms with Crippen LogP contribution in [0.1, 0.15) is 65.6 Å². The Bertz CT molecular complexity index is 1700. The van der Waals surface area contributed by atoms with E-state index in [9.17, 15) is 22.8 Å². The minimum absolute atomic E-state index is 0.00731. The Balaban J connectivity index is 0.000000952. The molecular weight excluding hydrogens is 621 g/mol. The number of carbonyl (C=O) groups is 2. The molecule has 3 aromatic rings. The first-order valence-corrected chi connectivity index (χ1v) is 16.4. The Morgan fingerprint density at radius 3 is 2.46 bits per heavy atom. The van der Waals surface area contributed by atoms with Crippen molar-refractivity contribution < 1.29 is 27.5 Å². The van der Waals surface area contributed by atoms with Gasteiger partial charge in [-0.25, -0.2) is 0 Å².